The average Bonchev–Trinajstić information content (AvgIpc) is 2.58. The van der Waals surface area contributed by atoms with Gasteiger partial charge in [-0.05, 0) is 64.9 Å². The molecule has 0 heterocycles. The maximum absolute atomic E-state index is 2.60. The third-order valence-electron chi connectivity index (χ3n) is 5.92. The van der Waals surface area contributed by atoms with Crippen molar-refractivity contribution in [3.63, 3.8) is 0 Å². The number of hydrogen-bond donors (Lipinski definition) is 0. The molecule has 0 aromatic carbocycles. The van der Waals surface area contributed by atoms with E-state index in [2.05, 4.69) is 51.2 Å². The fraction of sp³-hybridized carbons (Fsp3) is 0.500. The summed E-state index contributed by atoms with van der Waals surface area (Å²) in [6.07, 6.45) is 16.0. The molecular weight excluding hydrogens is 240 g/mol. The first-order chi connectivity index (χ1) is 9.66. The van der Waals surface area contributed by atoms with Crippen molar-refractivity contribution in [2.24, 2.45) is 23.7 Å². The normalized spacial score (nSPS) is 38.6. The Hall–Kier alpha value is -1.30. The van der Waals surface area contributed by atoms with E-state index in [9.17, 15) is 0 Å². The molecule has 0 spiro atoms. The van der Waals surface area contributed by atoms with Crippen LogP contribution in [0.2, 0.25) is 0 Å². The van der Waals surface area contributed by atoms with Crippen molar-refractivity contribution < 1.29 is 0 Å². The molecule has 4 aliphatic carbocycles. The van der Waals surface area contributed by atoms with E-state index in [4.69, 9.17) is 0 Å². The Labute approximate surface area is 122 Å². The van der Waals surface area contributed by atoms with E-state index in [1.807, 2.05) is 0 Å². The predicted molar refractivity (Wildman–Crippen MR) is 85.2 cm³/mol. The van der Waals surface area contributed by atoms with E-state index in [0.29, 0.717) is 23.7 Å². The highest BCUT2D eigenvalue weighted by atomic mass is 14.4. The van der Waals surface area contributed by atoms with E-state index in [1.54, 1.807) is 27.9 Å². The third-order valence-corrected chi connectivity index (χ3v) is 5.92. The van der Waals surface area contributed by atoms with Gasteiger partial charge >= 0.3 is 0 Å². The van der Waals surface area contributed by atoms with E-state index in [1.165, 1.54) is 19.3 Å². The molecule has 0 aromatic heterocycles. The van der Waals surface area contributed by atoms with E-state index < -0.39 is 0 Å². The average molecular weight is 264 g/mol. The highest BCUT2D eigenvalue weighted by Gasteiger charge is 2.37. The lowest BCUT2D eigenvalue weighted by Gasteiger charge is -2.36. The quantitative estimate of drug-likeness (QED) is 0.552. The summed E-state index contributed by atoms with van der Waals surface area (Å²) in [4.78, 5) is 0. The van der Waals surface area contributed by atoms with Crippen molar-refractivity contribution in [2.45, 2.75) is 40.0 Å². The molecule has 4 atom stereocenters. The smallest absolute Gasteiger partial charge is 0.00611 e. The van der Waals surface area contributed by atoms with Gasteiger partial charge in [-0.3, -0.25) is 0 Å². The van der Waals surface area contributed by atoms with Gasteiger partial charge in [0.15, 0.2) is 0 Å². The number of rotatable bonds is 0. The molecule has 0 N–H and O–H groups in total. The predicted octanol–water partition coefficient (Wildman–Crippen LogP) is 5.37. The van der Waals surface area contributed by atoms with Gasteiger partial charge < -0.3 is 0 Å². The van der Waals surface area contributed by atoms with Crippen molar-refractivity contribution >= 4 is 0 Å². The van der Waals surface area contributed by atoms with Gasteiger partial charge in [-0.25, -0.2) is 0 Å². The van der Waals surface area contributed by atoms with Crippen LogP contribution in [-0.2, 0) is 0 Å². The molecule has 0 fully saturated rings. The maximum atomic E-state index is 2.60. The minimum absolute atomic E-state index is 0.628. The van der Waals surface area contributed by atoms with Crippen LogP contribution < -0.4 is 0 Å². The lowest BCUT2D eigenvalue weighted by Crippen LogP contribution is -2.23. The largest absolute Gasteiger partial charge is 0.0801 e. The molecule has 0 aliphatic heterocycles. The summed E-state index contributed by atoms with van der Waals surface area (Å²) < 4.78 is 0. The van der Waals surface area contributed by atoms with Gasteiger partial charge in [0.05, 0.1) is 0 Å². The molecular formula is C20H24. The first-order valence-electron chi connectivity index (χ1n) is 8.20. The Kier molecular flexibility index (Phi) is 2.70. The van der Waals surface area contributed by atoms with Crippen LogP contribution >= 0.6 is 0 Å². The summed E-state index contributed by atoms with van der Waals surface area (Å²) in [6, 6.07) is 0. The van der Waals surface area contributed by atoms with Crippen LogP contribution in [0.4, 0.5) is 0 Å². The second kappa shape index (κ2) is 4.35. The van der Waals surface area contributed by atoms with Gasteiger partial charge in [0.25, 0.3) is 0 Å². The fourth-order valence-corrected chi connectivity index (χ4v) is 4.49. The van der Waals surface area contributed by atoms with Gasteiger partial charge in [-0.1, -0.05) is 51.2 Å². The second-order valence-corrected chi connectivity index (χ2v) is 7.10. The van der Waals surface area contributed by atoms with Crippen LogP contribution in [0.15, 0.2) is 58.2 Å². The molecule has 0 radical (unpaired) electrons. The molecule has 4 unspecified atom stereocenters. The molecule has 0 saturated heterocycles. The van der Waals surface area contributed by atoms with Crippen LogP contribution in [0, 0.1) is 23.7 Å². The molecule has 4 rings (SSSR count). The summed E-state index contributed by atoms with van der Waals surface area (Å²) in [5, 5.41) is 0. The Bertz CT molecular complexity index is 606. The molecule has 4 aliphatic rings. The van der Waals surface area contributed by atoms with E-state index >= 15 is 0 Å². The summed E-state index contributed by atoms with van der Waals surface area (Å²) in [5.74, 6) is 2.70. The van der Waals surface area contributed by atoms with Crippen LogP contribution in [0.1, 0.15) is 40.0 Å². The fourth-order valence-electron chi connectivity index (χ4n) is 4.49. The zero-order chi connectivity index (χ0) is 13.9. The monoisotopic (exact) mass is 264 g/mol. The Morgan fingerprint density at radius 1 is 1.05 bits per heavy atom. The second-order valence-electron chi connectivity index (χ2n) is 7.10. The van der Waals surface area contributed by atoms with Crippen LogP contribution in [-0.4, -0.2) is 0 Å². The van der Waals surface area contributed by atoms with Crippen molar-refractivity contribution in [1.82, 2.24) is 0 Å². The zero-order valence-corrected chi connectivity index (χ0v) is 12.8. The topological polar surface area (TPSA) is 0 Å². The van der Waals surface area contributed by atoms with Crippen molar-refractivity contribution in [1.29, 1.82) is 0 Å². The Balaban J connectivity index is 2.01. The van der Waals surface area contributed by atoms with Gasteiger partial charge in [0, 0.05) is 5.92 Å². The minimum Gasteiger partial charge on any atom is -0.0801 e. The molecule has 0 aromatic rings. The van der Waals surface area contributed by atoms with Gasteiger partial charge in [0.2, 0.25) is 0 Å². The molecule has 0 heteroatoms. The summed E-state index contributed by atoms with van der Waals surface area (Å²) in [5.41, 5.74) is 8.24. The van der Waals surface area contributed by atoms with Crippen molar-refractivity contribution in [3.8, 4) is 0 Å². The molecule has 0 nitrogen and oxygen atoms in total. The molecule has 0 saturated carbocycles. The molecule has 0 amide bonds. The van der Waals surface area contributed by atoms with E-state index in [-0.39, 0.29) is 0 Å². The van der Waals surface area contributed by atoms with E-state index in [0.717, 1.165) is 0 Å². The summed E-state index contributed by atoms with van der Waals surface area (Å²) >= 11 is 0. The Morgan fingerprint density at radius 3 is 2.70 bits per heavy atom. The van der Waals surface area contributed by atoms with Gasteiger partial charge in [0.1, 0.15) is 0 Å². The lowest BCUT2D eigenvalue weighted by atomic mass is 9.68. The van der Waals surface area contributed by atoms with Crippen LogP contribution in [0.25, 0.3) is 0 Å². The highest BCUT2D eigenvalue weighted by molar-refractivity contribution is 5.64. The standard InChI is InChI=1S/C20H24/c1-12-7-8-16-10-9-15-5-4-6-17-14(3)13(2)11-18(12)20(16)19(15)17/h4-6,8,11-14,17H,7,9-10H2,1-3H3. The molecule has 20 heavy (non-hydrogen) atoms. The SMILES string of the molecule is CC1CC=C2CCC3=CC=CC4C3=C2C1=CC(C)C4C. The minimum atomic E-state index is 0.628. The lowest BCUT2D eigenvalue weighted by molar-refractivity contribution is 0.388. The van der Waals surface area contributed by atoms with Crippen LogP contribution in [0.5, 0.6) is 0 Å². The zero-order valence-electron chi connectivity index (χ0n) is 12.8. The van der Waals surface area contributed by atoms with Crippen molar-refractivity contribution in [3.05, 3.63) is 58.2 Å². The Morgan fingerprint density at radius 2 is 1.85 bits per heavy atom. The van der Waals surface area contributed by atoms with Crippen LogP contribution in [0.3, 0.4) is 0 Å². The third kappa shape index (κ3) is 1.60. The first kappa shape index (κ1) is 12.4. The maximum Gasteiger partial charge on any atom is 0.00611 e. The number of allylic oxidation sites excluding steroid dienone is 10. The summed E-state index contributed by atoms with van der Waals surface area (Å²) in [6.45, 7) is 7.25. The van der Waals surface area contributed by atoms with Gasteiger partial charge in [-0.15, -0.1) is 0 Å². The first-order valence-corrected chi connectivity index (χ1v) is 8.20. The van der Waals surface area contributed by atoms with Gasteiger partial charge in [-0.2, -0.15) is 0 Å². The molecule has 104 valence electrons. The van der Waals surface area contributed by atoms with Crippen molar-refractivity contribution in [2.75, 3.05) is 0 Å². The summed E-state index contributed by atoms with van der Waals surface area (Å²) in [7, 11) is 0. The molecule has 0 bridgehead atoms. The number of hydrogen-bond acceptors (Lipinski definition) is 0. The highest BCUT2D eigenvalue weighted by Crippen LogP contribution is 2.52.